The predicted octanol–water partition coefficient (Wildman–Crippen LogP) is 1.90. The smallest absolute Gasteiger partial charge is 0.255 e. The highest BCUT2D eigenvalue weighted by Crippen LogP contribution is 2.36. The van der Waals surface area contributed by atoms with Crippen LogP contribution in [0.2, 0.25) is 0 Å². The Labute approximate surface area is 146 Å². The molecule has 4 rings (SSSR count). The number of pyridine rings is 1. The lowest BCUT2D eigenvalue weighted by molar-refractivity contribution is -0.119. The van der Waals surface area contributed by atoms with Gasteiger partial charge in [-0.1, -0.05) is 0 Å². The summed E-state index contributed by atoms with van der Waals surface area (Å²) in [6.07, 6.45) is 7.12. The molecular weight excluding hydrogens is 318 g/mol. The molecule has 0 radical (unpaired) electrons. The van der Waals surface area contributed by atoms with Crippen molar-refractivity contribution in [1.29, 1.82) is 0 Å². The number of nitrogens with one attached hydrogen (secondary N) is 1. The number of amides is 2. The molecule has 2 aromatic rings. The fraction of sp³-hybridized carbons (Fsp3) is 0.556. The number of nitrogens with zero attached hydrogens (tertiary/aromatic N) is 4. The number of imidazole rings is 1. The fourth-order valence-corrected chi connectivity index (χ4v) is 3.40. The lowest BCUT2D eigenvalue weighted by atomic mass is 10.1. The molecule has 3 heterocycles. The molecule has 25 heavy (non-hydrogen) atoms. The highest BCUT2D eigenvalue weighted by Gasteiger charge is 2.29. The summed E-state index contributed by atoms with van der Waals surface area (Å²) >= 11 is 0. The topological polar surface area (TPSA) is 80.1 Å². The minimum absolute atomic E-state index is 0.0321. The highest BCUT2D eigenvalue weighted by molar-refractivity contribution is 5.96. The van der Waals surface area contributed by atoms with E-state index in [9.17, 15) is 9.59 Å². The predicted molar refractivity (Wildman–Crippen MR) is 93.1 cm³/mol. The summed E-state index contributed by atoms with van der Waals surface area (Å²) in [6.45, 7) is 4.50. The van der Waals surface area contributed by atoms with Crippen molar-refractivity contribution in [3.63, 3.8) is 0 Å². The molecule has 0 aromatic carbocycles. The molecule has 1 aliphatic heterocycles. The Morgan fingerprint density at radius 3 is 2.80 bits per heavy atom. The van der Waals surface area contributed by atoms with Crippen LogP contribution in [-0.4, -0.2) is 49.9 Å². The zero-order valence-electron chi connectivity index (χ0n) is 14.6. The van der Waals surface area contributed by atoms with Gasteiger partial charge in [-0.05, 0) is 39.2 Å². The first-order valence-corrected chi connectivity index (χ1v) is 8.96. The van der Waals surface area contributed by atoms with Crippen molar-refractivity contribution < 1.29 is 9.59 Å². The molecule has 2 amide bonds. The molecule has 1 atom stereocenters. The van der Waals surface area contributed by atoms with Crippen LogP contribution in [0.4, 0.5) is 0 Å². The van der Waals surface area contributed by atoms with Crippen LogP contribution >= 0.6 is 0 Å². The average Bonchev–Trinajstić information content (AvgIpc) is 3.21. The van der Waals surface area contributed by atoms with E-state index in [1.807, 2.05) is 26.2 Å². The number of rotatable bonds is 5. The van der Waals surface area contributed by atoms with Crippen molar-refractivity contribution in [2.45, 2.75) is 57.7 Å². The largest absolute Gasteiger partial charge is 0.352 e. The Balaban J connectivity index is 1.56. The van der Waals surface area contributed by atoms with Gasteiger partial charge in [0.1, 0.15) is 5.52 Å². The lowest BCUT2D eigenvalue weighted by Crippen LogP contribution is -2.45. The van der Waals surface area contributed by atoms with Gasteiger partial charge in [-0.2, -0.15) is 0 Å². The van der Waals surface area contributed by atoms with Gasteiger partial charge in [0.2, 0.25) is 5.91 Å². The van der Waals surface area contributed by atoms with Crippen LogP contribution in [0.5, 0.6) is 0 Å². The zero-order valence-corrected chi connectivity index (χ0v) is 14.6. The van der Waals surface area contributed by atoms with Crippen LogP contribution in [0.1, 0.15) is 55.9 Å². The second kappa shape index (κ2) is 6.13. The maximum Gasteiger partial charge on any atom is 0.255 e. The van der Waals surface area contributed by atoms with Crippen molar-refractivity contribution in [2.75, 3.05) is 6.54 Å². The molecule has 132 valence electrons. The van der Waals surface area contributed by atoms with Crippen LogP contribution in [0.15, 0.2) is 18.6 Å². The van der Waals surface area contributed by atoms with Gasteiger partial charge in [-0.3, -0.25) is 9.59 Å². The maximum atomic E-state index is 13.0. The molecule has 0 spiro atoms. The highest BCUT2D eigenvalue weighted by atomic mass is 16.2. The summed E-state index contributed by atoms with van der Waals surface area (Å²) in [6, 6.07) is 2.41. The van der Waals surface area contributed by atoms with Crippen LogP contribution in [0.3, 0.4) is 0 Å². The molecular formula is C18H23N5O2. The Bertz CT molecular complexity index is 824. The summed E-state index contributed by atoms with van der Waals surface area (Å²) in [5.74, 6) is 0.00128. The number of carbonyl (C=O) groups excluding carboxylic acids is 2. The molecule has 1 aliphatic carbocycles. The first kappa shape index (κ1) is 16.1. The lowest BCUT2D eigenvalue weighted by Gasteiger charge is -2.29. The summed E-state index contributed by atoms with van der Waals surface area (Å²) in [7, 11) is 0. The van der Waals surface area contributed by atoms with E-state index in [2.05, 4.69) is 19.9 Å². The SMILES string of the molecule is CC(C)N(CC1CCC(=O)N1)C(=O)c1cnc2c(c1)ncn2C1CC1. The second-order valence-corrected chi connectivity index (χ2v) is 7.30. The molecule has 7 nitrogen and oxygen atoms in total. The summed E-state index contributed by atoms with van der Waals surface area (Å²) < 4.78 is 2.10. The van der Waals surface area contributed by atoms with Crippen LogP contribution in [0, 0.1) is 0 Å². The summed E-state index contributed by atoms with van der Waals surface area (Å²) in [5.41, 5.74) is 2.15. The summed E-state index contributed by atoms with van der Waals surface area (Å²) in [4.78, 5) is 35.1. The monoisotopic (exact) mass is 341 g/mol. The Kier molecular flexibility index (Phi) is 3.94. The molecule has 1 N–H and O–H groups in total. The normalized spacial score (nSPS) is 20.3. The molecule has 2 fully saturated rings. The number of fused-ring (bicyclic) bond motifs is 1. The quantitative estimate of drug-likeness (QED) is 0.901. The van der Waals surface area contributed by atoms with Crippen LogP contribution < -0.4 is 5.32 Å². The zero-order chi connectivity index (χ0) is 17.6. The van der Waals surface area contributed by atoms with E-state index < -0.39 is 0 Å². The standard InChI is InChI=1S/C18H23N5O2/c1-11(2)22(9-13-3-6-16(24)21-13)18(25)12-7-15-17(19-8-12)23(10-20-15)14-4-5-14/h7-8,10-11,13-14H,3-6,9H2,1-2H3,(H,21,24). The molecule has 1 saturated heterocycles. The van der Waals surface area contributed by atoms with Gasteiger partial charge in [0.25, 0.3) is 5.91 Å². The number of hydrogen-bond acceptors (Lipinski definition) is 4. The molecule has 2 aliphatic rings. The van der Waals surface area contributed by atoms with Crippen molar-refractivity contribution in [3.05, 3.63) is 24.2 Å². The van der Waals surface area contributed by atoms with Crippen LogP contribution in [0.25, 0.3) is 11.2 Å². The molecule has 7 heteroatoms. The van der Waals surface area contributed by atoms with Gasteiger partial charge in [-0.15, -0.1) is 0 Å². The second-order valence-electron chi connectivity index (χ2n) is 7.30. The van der Waals surface area contributed by atoms with Crippen molar-refractivity contribution in [2.24, 2.45) is 0 Å². The first-order chi connectivity index (χ1) is 12.0. The number of aromatic nitrogens is 3. The van der Waals surface area contributed by atoms with Crippen molar-refractivity contribution in [1.82, 2.24) is 24.8 Å². The molecule has 1 unspecified atom stereocenters. The van der Waals surface area contributed by atoms with Crippen molar-refractivity contribution in [3.8, 4) is 0 Å². The third-order valence-electron chi connectivity index (χ3n) is 4.99. The minimum Gasteiger partial charge on any atom is -0.352 e. The Morgan fingerprint density at radius 2 is 2.16 bits per heavy atom. The van der Waals surface area contributed by atoms with E-state index in [4.69, 9.17) is 0 Å². The van der Waals surface area contributed by atoms with E-state index >= 15 is 0 Å². The number of carbonyl (C=O) groups is 2. The van der Waals surface area contributed by atoms with Crippen LogP contribution in [-0.2, 0) is 4.79 Å². The average molecular weight is 341 g/mol. The van der Waals surface area contributed by atoms with Gasteiger partial charge in [-0.25, -0.2) is 9.97 Å². The minimum atomic E-state index is -0.0634. The Hall–Kier alpha value is -2.44. The molecule has 0 bridgehead atoms. The van der Waals surface area contributed by atoms with Crippen molar-refractivity contribution >= 4 is 23.0 Å². The molecule has 1 saturated carbocycles. The maximum absolute atomic E-state index is 13.0. The van der Waals surface area contributed by atoms with Gasteiger partial charge in [0.15, 0.2) is 5.65 Å². The first-order valence-electron chi connectivity index (χ1n) is 8.96. The van der Waals surface area contributed by atoms with Gasteiger partial charge >= 0.3 is 0 Å². The van der Waals surface area contributed by atoms with Gasteiger partial charge < -0.3 is 14.8 Å². The van der Waals surface area contributed by atoms with E-state index in [0.717, 1.165) is 17.6 Å². The third-order valence-corrected chi connectivity index (χ3v) is 4.99. The van der Waals surface area contributed by atoms with E-state index in [1.54, 1.807) is 11.1 Å². The van der Waals surface area contributed by atoms with E-state index in [1.165, 1.54) is 12.8 Å². The summed E-state index contributed by atoms with van der Waals surface area (Å²) in [5, 5.41) is 2.93. The van der Waals surface area contributed by atoms with Gasteiger partial charge in [0.05, 0.1) is 11.9 Å². The fourth-order valence-electron chi connectivity index (χ4n) is 3.40. The van der Waals surface area contributed by atoms with E-state index in [-0.39, 0.29) is 23.9 Å². The third kappa shape index (κ3) is 3.10. The number of hydrogen-bond donors (Lipinski definition) is 1. The molecule has 2 aromatic heterocycles. The Morgan fingerprint density at radius 1 is 1.36 bits per heavy atom. The van der Waals surface area contributed by atoms with E-state index in [0.29, 0.717) is 24.6 Å². The van der Waals surface area contributed by atoms with Gasteiger partial charge in [0, 0.05) is 37.3 Å².